The first-order valence-electron chi connectivity index (χ1n) is 8.96. The second-order valence-electron chi connectivity index (χ2n) is 6.48. The van der Waals surface area contributed by atoms with E-state index >= 15 is 0 Å². The van der Waals surface area contributed by atoms with Crippen LogP contribution in [0.2, 0.25) is 0 Å². The number of hydrogen-bond donors (Lipinski definition) is 0. The normalized spacial score (nSPS) is 10.9. The lowest BCUT2D eigenvalue weighted by Crippen LogP contribution is -2.31. The summed E-state index contributed by atoms with van der Waals surface area (Å²) in [4.78, 5) is 20.8. The summed E-state index contributed by atoms with van der Waals surface area (Å²) in [5.74, 6) is 0.774. The number of carbonyl (C=O) groups is 1. The number of fused-ring (bicyclic) bond motifs is 1. The Morgan fingerprint density at radius 1 is 1.11 bits per heavy atom. The van der Waals surface area contributed by atoms with Crippen molar-refractivity contribution in [3.8, 4) is 5.75 Å². The Kier molecular flexibility index (Phi) is 5.41. The maximum Gasteiger partial charge on any atom is 0.234 e. The molecule has 2 aromatic carbocycles. The van der Waals surface area contributed by atoms with Gasteiger partial charge in [0.25, 0.3) is 0 Å². The van der Waals surface area contributed by atoms with Crippen molar-refractivity contribution >= 4 is 43.9 Å². The fourth-order valence-corrected chi connectivity index (χ4v) is 4.83. The minimum absolute atomic E-state index is 0.0435. The van der Waals surface area contributed by atoms with Gasteiger partial charge in [-0.05, 0) is 35.6 Å². The molecule has 2 aromatic heterocycles. The topological polar surface area (TPSA) is 42.4 Å². The number of aromatic nitrogens is 1. The lowest BCUT2D eigenvalue weighted by Gasteiger charge is -2.19. The summed E-state index contributed by atoms with van der Waals surface area (Å²) in [5, 5.41) is 2.70. The summed E-state index contributed by atoms with van der Waals surface area (Å²) >= 11 is 3.14. The maximum absolute atomic E-state index is 13.2. The molecule has 0 atom stereocenters. The highest BCUT2D eigenvalue weighted by Gasteiger charge is 2.22. The number of methoxy groups -OCH3 is 1. The number of anilines is 1. The van der Waals surface area contributed by atoms with Crippen LogP contribution in [0.5, 0.6) is 5.75 Å². The van der Waals surface area contributed by atoms with Crippen LogP contribution in [0.3, 0.4) is 0 Å². The predicted octanol–water partition coefficient (Wildman–Crippen LogP) is 5.45. The first-order chi connectivity index (χ1) is 13.7. The number of thiophene rings is 1. The van der Waals surface area contributed by atoms with Crippen LogP contribution < -0.4 is 9.64 Å². The standard InChI is InChI=1S/C22H20N2O2S2/c1-15-10-11-18(26-2)20-21(15)28-22(23-20)24(14-16-7-4-3-5-8-16)19(25)13-17-9-6-12-27-17/h3-12H,13-14H2,1-2H3. The van der Waals surface area contributed by atoms with Gasteiger partial charge >= 0.3 is 0 Å². The minimum atomic E-state index is 0.0435. The molecule has 0 radical (unpaired) electrons. The quantitative estimate of drug-likeness (QED) is 0.426. The number of benzene rings is 2. The number of carbonyl (C=O) groups excluding carboxylic acids is 1. The maximum atomic E-state index is 13.2. The Hall–Kier alpha value is -2.70. The van der Waals surface area contributed by atoms with Crippen LogP contribution in [0.4, 0.5) is 5.13 Å². The third-order valence-corrected chi connectivity index (χ3v) is 6.62. The lowest BCUT2D eigenvalue weighted by molar-refractivity contribution is -0.118. The van der Waals surface area contributed by atoms with Gasteiger partial charge in [-0.15, -0.1) is 11.3 Å². The molecule has 0 aliphatic heterocycles. The zero-order valence-corrected chi connectivity index (χ0v) is 17.3. The molecule has 4 rings (SSSR count). The summed E-state index contributed by atoms with van der Waals surface area (Å²) in [7, 11) is 1.65. The van der Waals surface area contributed by atoms with E-state index in [9.17, 15) is 4.79 Å². The average Bonchev–Trinajstić information content (AvgIpc) is 3.37. The number of amides is 1. The van der Waals surface area contributed by atoms with Crippen LogP contribution in [0.1, 0.15) is 16.0 Å². The van der Waals surface area contributed by atoms with Crippen LogP contribution in [0, 0.1) is 6.92 Å². The van der Waals surface area contributed by atoms with Crippen molar-refractivity contribution in [3.05, 3.63) is 76.0 Å². The van der Waals surface area contributed by atoms with Crippen molar-refractivity contribution in [2.45, 2.75) is 19.9 Å². The highest BCUT2D eigenvalue weighted by molar-refractivity contribution is 7.22. The van der Waals surface area contributed by atoms with Crippen LogP contribution in [-0.4, -0.2) is 18.0 Å². The van der Waals surface area contributed by atoms with Gasteiger partial charge in [0.15, 0.2) is 5.13 Å². The van der Waals surface area contributed by atoms with Gasteiger partial charge in [0, 0.05) is 4.88 Å². The van der Waals surface area contributed by atoms with Gasteiger partial charge in [0.1, 0.15) is 11.3 Å². The van der Waals surface area contributed by atoms with E-state index in [4.69, 9.17) is 9.72 Å². The molecule has 4 aromatic rings. The van der Waals surface area contributed by atoms with Crippen LogP contribution in [0.15, 0.2) is 60.0 Å². The molecule has 6 heteroatoms. The van der Waals surface area contributed by atoms with Gasteiger partial charge in [0.2, 0.25) is 5.91 Å². The van der Waals surface area contributed by atoms with Crippen molar-refractivity contribution in [2.75, 3.05) is 12.0 Å². The molecule has 0 saturated heterocycles. The highest BCUT2D eigenvalue weighted by Crippen LogP contribution is 2.37. The molecule has 0 aliphatic rings. The fraction of sp³-hybridized carbons (Fsp3) is 0.182. The van der Waals surface area contributed by atoms with Crippen LogP contribution in [-0.2, 0) is 17.8 Å². The molecule has 0 saturated carbocycles. The van der Waals surface area contributed by atoms with Gasteiger partial charge < -0.3 is 4.74 Å². The van der Waals surface area contributed by atoms with E-state index in [1.165, 1.54) is 11.3 Å². The molecule has 0 unspecified atom stereocenters. The molecule has 0 spiro atoms. The lowest BCUT2D eigenvalue weighted by atomic mass is 10.2. The second kappa shape index (κ2) is 8.12. The SMILES string of the molecule is COc1ccc(C)c2sc(N(Cc3ccccc3)C(=O)Cc3cccs3)nc12. The number of ether oxygens (including phenoxy) is 1. The summed E-state index contributed by atoms with van der Waals surface area (Å²) in [6.07, 6.45) is 0.372. The molecule has 0 aliphatic carbocycles. The van der Waals surface area contributed by atoms with Crippen LogP contribution in [0.25, 0.3) is 10.2 Å². The Morgan fingerprint density at radius 3 is 2.64 bits per heavy atom. The smallest absolute Gasteiger partial charge is 0.234 e. The number of rotatable bonds is 6. The Bertz CT molecular complexity index is 1090. The molecule has 142 valence electrons. The average molecular weight is 409 g/mol. The van der Waals surface area contributed by atoms with Crippen molar-refractivity contribution in [2.24, 2.45) is 0 Å². The zero-order chi connectivity index (χ0) is 19.5. The minimum Gasteiger partial charge on any atom is -0.494 e. The summed E-state index contributed by atoms with van der Waals surface area (Å²) in [6.45, 7) is 2.55. The van der Waals surface area contributed by atoms with Crippen molar-refractivity contribution in [3.63, 3.8) is 0 Å². The highest BCUT2D eigenvalue weighted by atomic mass is 32.1. The van der Waals surface area contributed by atoms with E-state index in [2.05, 4.69) is 6.92 Å². The van der Waals surface area contributed by atoms with E-state index < -0.39 is 0 Å². The van der Waals surface area contributed by atoms with Gasteiger partial charge in [-0.25, -0.2) is 4.98 Å². The third kappa shape index (κ3) is 3.79. The first kappa shape index (κ1) is 18.7. The van der Waals surface area contributed by atoms with Gasteiger partial charge in [0.05, 0.1) is 24.8 Å². The molecule has 4 nitrogen and oxygen atoms in total. The number of thiazole rings is 1. The number of nitrogens with zero attached hydrogens (tertiary/aromatic N) is 2. The number of aryl methyl sites for hydroxylation is 1. The van der Waals surface area contributed by atoms with E-state index in [-0.39, 0.29) is 5.91 Å². The predicted molar refractivity (Wildman–Crippen MR) is 117 cm³/mol. The first-order valence-corrected chi connectivity index (χ1v) is 10.7. The van der Waals surface area contributed by atoms with Crippen molar-refractivity contribution in [1.82, 2.24) is 4.98 Å². The monoisotopic (exact) mass is 408 g/mol. The Labute approximate surface area is 172 Å². The molecule has 0 N–H and O–H groups in total. The molecular weight excluding hydrogens is 388 g/mol. The molecule has 1 amide bonds. The zero-order valence-electron chi connectivity index (χ0n) is 15.7. The van der Waals surface area contributed by atoms with E-state index in [0.717, 1.165) is 32.0 Å². The van der Waals surface area contributed by atoms with Crippen molar-refractivity contribution < 1.29 is 9.53 Å². The van der Waals surface area contributed by atoms with Gasteiger partial charge in [-0.2, -0.15) is 0 Å². The van der Waals surface area contributed by atoms with E-state index in [0.29, 0.717) is 18.1 Å². The third-order valence-electron chi connectivity index (χ3n) is 4.53. The summed E-state index contributed by atoms with van der Waals surface area (Å²) in [5.41, 5.74) is 3.01. The summed E-state index contributed by atoms with van der Waals surface area (Å²) < 4.78 is 6.53. The number of hydrogen-bond acceptors (Lipinski definition) is 5. The molecule has 2 heterocycles. The Morgan fingerprint density at radius 2 is 1.93 bits per heavy atom. The largest absolute Gasteiger partial charge is 0.494 e. The summed E-state index contributed by atoms with van der Waals surface area (Å²) in [6, 6.07) is 17.9. The van der Waals surface area contributed by atoms with E-state index in [1.807, 2.05) is 60.0 Å². The van der Waals surface area contributed by atoms with Gasteiger partial charge in [-0.3, -0.25) is 9.69 Å². The second-order valence-corrected chi connectivity index (χ2v) is 8.49. The van der Waals surface area contributed by atoms with E-state index in [1.54, 1.807) is 23.3 Å². The fourth-order valence-electron chi connectivity index (χ4n) is 3.06. The molecule has 0 bridgehead atoms. The molecule has 28 heavy (non-hydrogen) atoms. The van der Waals surface area contributed by atoms with Gasteiger partial charge in [-0.1, -0.05) is 53.8 Å². The van der Waals surface area contributed by atoms with Crippen LogP contribution >= 0.6 is 22.7 Å². The molecular formula is C22H20N2O2S2. The molecule has 0 fully saturated rings. The van der Waals surface area contributed by atoms with Crippen molar-refractivity contribution in [1.29, 1.82) is 0 Å². The Balaban J connectivity index is 1.75.